The van der Waals surface area contributed by atoms with E-state index in [1.165, 1.54) is 0 Å². The maximum Gasteiger partial charge on any atom is 1.00 e. The van der Waals surface area contributed by atoms with Crippen LogP contribution in [0.1, 0.15) is 0 Å². The average molecular weight is 276 g/mol. The maximum atomic E-state index is 3.48. The molecule has 7 heavy (non-hydrogen) atoms. The Balaban J connectivity index is 0.000000360. The Bertz CT molecular complexity index is 81.6. The van der Waals surface area contributed by atoms with Crippen molar-refractivity contribution in [1.82, 2.24) is 10.2 Å². The molecule has 0 radical (unpaired) electrons. The van der Waals surface area contributed by atoms with Crippen molar-refractivity contribution in [3.63, 3.8) is 0 Å². The quantitative estimate of drug-likeness (QED) is 0.502. The molecule has 0 N–H and O–H groups in total. The topological polar surface area (TPSA) is 25.8 Å². The van der Waals surface area contributed by atoms with E-state index in [4.69, 9.17) is 0 Å². The molecular weight excluding hydrogens is 273 g/mol. The molecule has 1 aromatic heterocycles. The van der Waals surface area contributed by atoms with Crippen molar-refractivity contribution in [3.05, 3.63) is 24.5 Å². The maximum absolute atomic E-state index is 3.48. The van der Waals surface area contributed by atoms with Gasteiger partial charge in [-0.25, -0.2) is 6.07 Å². The summed E-state index contributed by atoms with van der Waals surface area (Å²) < 4.78 is 0. The second-order valence-electron chi connectivity index (χ2n) is 0.853. The zero-order chi connectivity index (χ0) is 4.24. The minimum absolute atomic E-state index is 0. The fourth-order valence-corrected chi connectivity index (χ4v) is 0.225. The van der Waals surface area contributed by atoms with Crippen LogP contribution in [-0.4, -0.2) is 10.2 Å². The van der Waals surface area contributed by atoms with Gasteiger partial charge in [-0.1, -0.05) is 0 Å². The van der Waals surface area contributed by atoms with Gasteiger partial charge in [-0.15, -0.1) is 6.20 Å². The molecule has 0 aliphatic carbocycles. The summed E-state index contributed by atoms with van der Waals surface area (Å²) in [4.78, 5) is 0. The van der Waals surface area contributed by atoms with Crippen molar-refractivity contribution in [2.24, 2.45) is 0 Å². The minimum Gasteiger partial charge on any atom is -0.268 e. The zero-order valence-corrected chi connectivity index (χ0v) is 5.59. The molecule has 0 aromatic carbocycles. The molecule has 0 aliphatic heterocycles. The molecule has 3 heteroatoms. The number of rotatable bonds is 0. The van der Waals surface area contributed by atoms with E-state index in [2.05, 4.69) is 16.4 Å². The zero-order valence-electron chi connectivity index (χ0n) is 3.43. The van der Waals surface area contributed by atoms with Crippen LogP contribution in [0, 0.1) is 6.20 Å². The monoisotopic (exact) mass is 276 g/mol. The van der Waals surface area contributed by atoms with Crippen LogP contribution in [0.25, 0.3) is 0 Å². The molecule has 1 aromatic rings. The van der Waals surface area contributed by atoms with Gasteiger partial charge in [-0.3, -0.25) is 5.10 Å². The molecule has 0 bridgehead atoms. The van der Waals surface area contributed by atoms with Crippen LogP contribution in [0.15, 0.2) is 18.3 Å². The number of nitrogens with zero attached hydrogens (tertiary/aromatic N) is 2. The first-order chi connectivity index (χ1) is 3.00. The van der Waals surface area contributed by atoms with Crippen LogP contribution in [0.5, 0.6) is 0 Å². The van der Waals surface area contributed by atoms with Crippen LogP contribution in [0.2, 0.25) is 0 Å². The largest absolute Gasteiger partial charge is 1.00 e. The Hall–Kier alpha value is -0.180. The van der Waals surface area contributed by atoms with Gasteiger partial charge in [0, 0.05) is 0 Å². The molecule has 0 saturated heterocycles. The summed E-state index contributed by atoms with van der Waals surface area (Å²) in [6.45, 7) is 0. The molecule has 1 heterocycles. The standard InChI is InChI=1S/C4H3N2.Au/c1-2-4-6-5-3-1;/h1-3H;/q-1;+1. The van der Waals surface area contributed by atoms with Gasteiger partial charge in [-0.05, 0) is 6.20 Å². The molecule has 0 atom stereocenters. The van der Waals surface area contributed by atoms with Crippen LogP contribution in [0.3, 0.4) is 0 Å². The molecule has 1 rings (SSSR count). The van der Waals surface area contributed by atoms with Crippen LogP contribution < -0.4 is 0 Å². The molecule has 0 unspecified atom stereocenters. The fourth-order valence-electron chi connectivity index (χ4n) is 0.225. The van der Waals surface area contributed by atoms with E-state index in [1.54, 1.807) is 18.3 Å². The Labute approximate surface area is 57.5 Å². The summed E-state index contributed by atoms with van der Waals surface area (Å²) in [6, 6.07) is 3.47. The van der Waals surface area contributed by atoms with E-state index in [0.717, 1.165) is 0 Å². The minimum atomic E-state index is 0. The van der Waals surface area contributed by atoms with E-state index < -0.39 is 0 Å². The average Bonchev–Trinajstić information content (AvgIpc) is 1.72. The summed E-state index contributed by atoms with van der Waals surface area (Å²) in [5, 5.41) is 6.89. The van der Waals surface area contributed by atoms with Crippen molar-refractivity contribution in [3.8, 4) is 0 Å². The number of aromatic nitrogens is 2. The molecule has 0 amide bonds. The van der Waals surface area contributed by atoms with Crippen molar-refractivity contribution in [1.29, 1.82) is 0 Å². The summed E-state index contributed by atoms with van der Waals surface area (Å²) >= 11 is 0. The van der Waals surface area contributed by atoms with Gasteiger partial charge in [0.25, 0.3) is 0 Å². The normalized spacial score (nSPS) is 6.86. The van der Waals surface area contributed by atoms with Gasteiger partial charge in [0.2, 0.25) is 0 Å². The van der Waals surface area contributed by atoms with Gasteiger partial charge in [0.15, 0.2) is 0 Å². The van der Waals surface area contributed by atoms with Crippen molar-refractivity contribution >= 4 is 0 Å². The third kappa shape index (κ3) is 2.51. The summed E-state index contributed by atoms with van der Waals surface area (Å²) in [7, 11) is 0. The third-order valence-electron chi connectivity index (χ3n) is 0.439. The Morgan fingerprint density at radius 3 is 2.43 bits per heavy atom. The van der Waals surface area contributed by atoms with E-state index in [0.29, 0.717) is 0 Å². The molecule has 0 saturated carbocycles. The second kappa shape index (κ2) is 3.99. The predicted molar refractivity (Wildman–Crippen MR) is 20.9 cm³/mol. The fraction of sp³-hybridized carbons (Fsp3) is 0. The molecule has 0 aliphatic rings. The summed E-state index contributed by atoms with van der Waals surface area (Å²) in [5.74, 6) is 0. The van der Waals surface area contributed by atoms with Crippen LogP contribution in [-0.2, 0) is 22.4 Å². The van der Waals surface area contributed by atoms with Crippen LogP contribution >= 0.6 is 0 Å². The van der Waals surface area contributed by atoms with Crippen molar-refractivity contribution in [2.45, 2.75) is 0 Å². The number of hydrogen-bond donors (Lipinski definition) is 0. The van der Waals surface area contributed by atoms with Gasteiger partial charge in [0.05, 0.1) is 0 Å². The smallest absolute Gasteiger partial charge is 0.268 e. The molecule has 0 fully saturated rings. The van der Waals surface area contributed by atoms with Gasteiger partial charge in [-0.2, -0.15) is 11.2 Å². The van der Waals surface area contributed by atoms with E-state index in [1.807, 2.05) is 0 Å². The van der Waals surface area contributed by atoms with Gasteiger partial charge in [0.1, 0.15) is 0 Å². The third-order valence-corrected chi connectivity index (χ3v) is 0.439. The molecule has 40 valence electrons. The first-order valence-corrected chi connectivity index (χ1v) is 1.64. The van der Waals surface area contributed by atoms with E-state index in [-0.39, 0.29) is 22.4 Å². The van der Waals surface area contributed by atoms with E-state index >= 15 is 0 Å². The Morgan fingerprint density at radius 1 is 1.43 bits per heavy atom. The molecule has 2 nitrogen and oxygen atoms in total. The molecular formula is C4H3AuN2. The first kappa shape index (κ1) is 6.82. The second-order valence-corrected chi connectivity index (χ2v) is 0.853. The van der Waals surface area contributed by atoms with Gasteiger partial charge < -0.3 is 0 Å². The number of hydrogen-bond acceptors (Lipinski definition) is 2. The summed E-state index contributed by atoms with van der Waals surface area (Å²) in [6.07, 6.45) is 4.14. The SMILES string of the molecule is [Au+].[c-]1cccnn1. The van der Waals surface area contributed by atoms with E-state index in [9.17, 15) is 0 Å². The van der Waals surface area contributed by atoms with Gasteiger partial charge >= 0.3 is 22.4 Å². The Morgan fingerprint density at radius 2 is 2.29 bits per heavy atom. The van der Waals surface area contributed by atoms with Crippen molar-refractivity contribution in [2.75, 3.05) is 0 Å². The predicted octanol–water partition coefficient (Wildman–Crippen LogP) is 0.274. The molecule has 0 spiro atoms. The summed E-state index contributed by atoms with van der Waals surface area (Å²) in [5.41, 5.74) is 0. The van der Waals surface area contributed by atoms with Crippen molar-refractivity contribution < 1.29 is 22.4 Å². The first-order valence-electron chi connectivity index (χ1n) is 1.64. The van der Waals surface area contributed by atoms with Crippen LogP contribution in [0.4, 0.5) is 0 Å². The Kier molecular flexibility index (Phi) is 3.89.